The van der Waals surface area contributed by atoms with Crippen LogP contribution in [0.2, 0.25) is 0 Å². The Balaban J connectivity index is 2.59. The molecule has 0 spiro atoms. The molecule has 0 radical (unpaired) electrons. The maximum absolute atomic E-state index is 11.7. The zero-order valence-electron chi connectivity index (χ0n) is 10.7. The average Bonchev–Trinajstić information content (AvgIpc) is 2.26. The van der Waals surface area contributed by atoms with Crippen LogP contribution < -0.4 is 16.8 Å². The molecule has 0 fully saturated rings. The highest BCUT2D eigenvalue weighted by Crippen LogP contribution is 2.12. The van der Waals surface area contributed by atoms with Gasteiger partial charge in [-0.15, -0.1) is 0 Å². The van der Waals surface area contributed by atoms with E-state index in [1.807, 2.05) is 13.8 Å². The number of carbonyl (C=O) groups excluding carboxylic acids is 2. The summed E-state index contributed by atoms with van der Waals surface area (Å²) in [6.07, 6.45) is 0.929. The molecule has 0 unspecified atom stereocenters. The molecule has 0 aliphatic rings. The number of amides is 2. The molecule has 1 aromatic rings. The highest BCUT2D eigenvalue weighted by atomic mass is 16.2. The third-order valence-electron chi connectivity index (χ3n) is 2.43. The maximum atomic E-state index is 11.7. The lowest BCUT2D eigenvalue weighted by Gasteiger charge is -2.17. The predicted molar refractivity (Wildman–Crippen MR) is 71.1 cm³/mol. The summed E-state index contributed by atoms with van der Waals surface area (Å²) in [5.74, 6) is -0.649. The van der Waals surface area contributed by atoms with Gasteiger partial charge in [0.1, 0.15) is 0 Å². The van der Waals surface area contributed by atoms with Crippen molar-refractivity contribution in [3.05, 3.63) is 29.8 Å². The van der Waals surface area contributed by atoms with Crippen LogP contribution in [0, 0.1) is 0 Å². The van der Waals surface area contributed by atoms with Gasteiger partial charge in [-0.25, -0.2) is 0 Å². The van der Waals surface area contributed by atoms with Gasteiger partial charge in [0.2, 0.25) is 11.8 Å². The standard InChI is InChI=1S/C13H19N3O2/c1-13(2,15)7-6-11(17)16-10-5-3-4-9(8-10)12(14)18/h3-5,8H,6-7,15H2,1-2H3,(H2,14,18)(H,16,17). The average molecular weight is 249 g/mol. The van der Waals surface area contributed by atoms with Crippen LogP contribution in [-0.4, -0.2) is 17.4 Å². The minimum atomic E-state index is -0.519. The summed E-state index contributed by atoms with van der Waals surface area (Å²) in [4.78, 5) is 22.6. The summed E-state index contributed by atoms with van der Waals surface area (Å²) in [6.45, 7) is 3.74. The van der Waals surface area contributed by atoms with Gasteiger partial charge in [-0.1, -0.05) is 6.07 Å². The van der Waals surface area contributed by atoms with Crippen LogP contribution in [0.3, 0.4) is 0 Å². The Kier molecular flexibility index (Phi) is 4.44. The summed E-state index contributed by atoms with van der Waals surface area (Å²) >= 11 is 0. The van der Waals surface area contributed by atoms with Crippen LogP contribution in [0.4, 0.5) is 5.69 Å². The molecule has 1 aromatic carbocycles. The van der Waals surface area contributed by atoms with E-state index in [-0.39, 0.29) is 11.4 Å². The molecule has 0 saturated carbocycles. The molecule has 0 atom stereocenters. The molecule has 5 N–H and O–H groups in total. The van der Waals surface area contributed by atoms with Gasteiger partial charge in [0.05, 0.1) is 0 Å². The van der Waals surface area contributed by atoms with Gasteiger partial charge in [0.15, 0.2) is 0 Å². The van der Waals surface area contributed by atoms with Gasteiger partial charge in [-0.3, -0.25) is 9.59 Å². The van der Waals surface area contributed by atoms with Crippen molar-refractivity contribution in [1.29, 1.82) is 0 Å². The Morgan fingerprint density at radius 1 is 1.33 bits per heavy atom. The van der Waals surface area contributed by atoms with E-state index in [9.17, 15) is 9.59 Å². The van der Waals surface area contributed by atoms with Crippen molar-refractivity contribution in [3.63, 3.8) is 0 Å². The Bertz CT molecular complexity index is 450. The Morgan fingerprint density at radius 2 is 2.00 bits per heavy atom. The highest BCUT2D eigenvalue weighted by molar-refractivity contribution is 5.96. The minimum absolute atomic E-state index is 0.129. The van der Waals surface area contributed by atoms with Crippen molar-refractivity contribution in [1.82, 2.24) is 0 Å². The molecule has 5 nitrogen and oxygen atoms in total. The topological polar surface area (TPSA) is 98.2 Å². The summed E-state index contributed by atoms with van der Waals surface area (Å²) in [5, 5.41) is 2.71. The minimum Gasteiger partial charge on any atom is -0.366 e. The zero-order valence-corrected chi connectivity index (χ0v) is 10.7. The second kappa shape index (κ2) is 5.64. The molecular weight excluding hydrogens is 230 g/mol. The Labute approximate surface area is 107 Å². The number of rotatable bonds is 5. The fourth-order valence-electron chi connectivity index (χ4n) is 1.41. The first-order valence-electron chi connectivity index (χ1n) is 5.76. The summed E-state index contributed by atoms with van der Waals surface area (Å²) in [7, 11) is 0. The summed E-state index contributed by atoms with van der Waals surface area (Å²) in [6, 6.07) is 6.52. The van der Waals surface area contributed by atoms with Crippen molar-refractivity contribution < 1.29 is 9.59 Å². The van der Waals surface area contributed by atoms with Crippen molar-refractivity contribution in [3.8, 4) is 0 Å². The van der Waals surface area contributed by atoms with E-state index in [0.29, 0.717) is 24.1 Å². The van der Waals surface area contributed by atoms with Gasteiger partial charge < -0.3 is 16.8 Å². The quantitative estimate of drug-likeness (QED) is 0.732. The van der Waals surface area contributed by atoms with E-state index in [1.165, 1.54) is 0 Å². The normalized spacial score (nSPS) is 11.1. The third kappa shape index (κ3) is 4.97. The summed E-state index contributed by atoms with van der Waals surface area (Å²) < 4.78 is 0. The SMILES string of the molecule is CC(C)(N)CCC(=O)Nc1cccc(C(N)=O)c1. The molecule has 98 valence electrons. The van der Waals surface area contributed by atoms with Crippen molar-refractivity contribution in [2.75, 3.05) is 5.32 Å². The van der Waals surface area contributed by atoms with Crippen molar-refractivity contribution in [2.45, 2.75) is 32.2 Å². The lowest BCUT2D eigenvalue weighted by atomic mass is 10.00. The second-order valence-electron chi connectivity index (χ2n) is 4.98. The van der Waals surface area contributed by atoms with E-state index in [0.717, 1.165) is 0 Å². The van der Waals surface area contributed by atoms with E-state index in [4.69, 9.17) is 11.5 Å². The van der Waals surface area contributed by atoms with Crippen LogP contribution in [0.25, 0.3) is 0 Å². The first-order chi connectivity index (χ1) is 8.28. The molecule has 1 rings (SSSR count). The van der Waals surface area contributed by atoms with E-state index in [1.54, 1.807) is 24.3 Å². The second-order valence-corrected chi connectivity index (χ2v) is 4.98. The van der Waals surface area contributed by atoms with Gasteiger partial charge in [0.25, 0.3) is 0 Å². The van der Waals surface area contributed by atoms with Gasteiger partial charge >= 0.3 is 0 Å². The first kappa shape index (κ1) is 14.2. The van der Waals surface area contributed by atoms with Gasteiger partial charge in [-0.05, 0) is 38.5 Å². The molecule has 2 amide bonds. The Hall–Kier alpha value is -1.88. The molecular formula is C13H19N3O2. The van der Waals surface area contributed by atoms with Crippen molar-refractivity contribution >= 4 is 17.5 Å². The predicted octanol–water partition coefficient (Wildman–Crippen LogP) is 1.24. The molecule has 0 aromatic heterocycles. The maximum Gasteiger partial charge on any atom is 0.248 e. The number of nitrogens with one attached hydrogen (secondary N) is 1. The largest absolute Gasteiger partial charge is 0.366 e. The van der Waals surface area contributed by atoms with Crippen LogP contribution >= 0.6 is 0 Å². The number of anilines is 1. The van der Waals surface area contributed by atoms with Gasteiger partial charge in [0, 0.05) is 23.2 Å². The molecule has 0 aliphatic carbocycles. The molecule has 0 aliphatic heterocycles. The molecule has 0 heterocycles. The molecule has 0 bridgehead atoms. The van der Waals surface area contributed by atoms with Crippen molar-refractivity contribution in [2.24, 2.45) is 11.5 Å². The van der Waals surface area contributed by atoms with E-state index in [2.05, 4.69) is 5.32 Å². The lowest BCUT2D eigenvalue weighted by Crippen LogP contribution is -2.33. The number of primary amides is 1. The smallest absolute Gasteiger partial charge is 0.248 e. The van der Waals surface area contributed by atoms with Gasteiger partial charge in [-0.2, -0.15) is 0 Å². The van der Waals surface area contributed by atoms with E-state index >= 15 is 0 Å². The number of benzene rings is 1. The zero-order chi connectivity index (χ0) is 13.8. The van der Waals surface area contributed by atoms with E-state index < -0.39 is 5.91 Å². The fourth-order valence-corrected chi connectivity index (χ4v) is 1.41. The highest BCUT2D eigenvalue weighted by Gasteiger charge is 2.13. The summed E-state index contributed by atoms with van der Waals surface area (Å²) in [5.41, 5.74) is 11.5. The van der Waals surface area contributed by atoms with Crippen LogP contribution in [0.1, 0.15) is 37.0 Å². The first-order valence-corrected chi connectivity index (χ1v) is 5.76. The fraction of sp³-hybridized carbons (Fsp3) is 0.385. The molecule has 5 heteroatoms. The number of hydrogen-bond donors (Lipinski definition) is 3. The number of nitrogens with two attached hydrogens (primary N) is 2. The third-order valence-corrected chi connectivity index (χ3v) is 2.43. The van der Waals surface area contributed by atoms with Crippen LogP contribution in [0.15, 0.2) is 24.3 Å². The monoisotopic (exact) mass is 249 g/mol. The Morgan fingerprint density at radius 3 is 2.56 bits per heavy atom. The number of hydrogen-bond acceptors (Lipinski definition) is 3. The lowest BCUT2D eigenvalue weighted by molar-refractivity contribution is -0.116. The molecule has 18 heavy (non-hydrogen) atoms. The van der Waals surface area contributed by atoms with Crippen LogP contribution in [0.5, 0.6) is 0 Å². The van der Waals surface area contributed by atoms with Crippen LogP contribution in [-0.2, 0) is 4.79 Å². The number of carbonyl (C=O) groups is 2. The molecule has 0 saturated heterocycles.